The van der Waals surface area contributed by atoms with Crippen LogP contribution in [0.15, 0.2) is 18.2 Å². The zero-order valence-electron chi connectivity index (χ0n) is 15.5. The lowest BCUT2D eigenvalue weighted by Crippen LogP contribution is -2.41. The minimum Gasteiger partial charge on any atom is -0.480 e. The molecule has 1 amide bonds. The van der Waals surface area contributed by atoms with Crippen LogP contribution in [0.3, 0.4) is 0 Å². The number of nitrogens with one attached hydrogen (secondary N) is 1. The van der Waals surface area contributed by atoms with Gasteiger partial charge in [0.2, 0.25) is 0 Å². The largest absolute Gasteiger partial charge is 0.480 e. The molecule has 0 saturated heterocycles. The first-order chi connectivity index (χ1) is 12.4. The van der Waals surface area contributed by atoms with Gasteiger partial charge >= 0.3 is 5.97 Å². The van der Waals surface area contributed by atoms with Crippen LogP contribution in [0, 0.1) is 19.8 Å². The minimum absolute atomic E-state index is 0.332. The van der Waals surface area contributed by atoms with Gasteiger partial charge in [-0.2, -0.15) is 0 Å². The predicted molar refractivity (Wildman–Crippen MR) is 99.5 cm³/mol. The molecule has 1 aliphatic rings. The van der Waals surface area contributed by atoms with E-state index in [1.54, 1.807) is 13.2 Å². The van der Waals surface area contributed by atoms with Crippen LogP contribution in [-0.4, -0.2) is 41.3 Å². The van der Waals surface area contributed by atoms with E-state index < -0.39 is 12.0 Å². The Morgan fingerprint density at radius 3 is 2.69 bits per heavy atom. The molecular weight excluding hydrogens is 332 g/mol. The molecule has 1 aromatic heterocycles. The molecule has 2 aromatic rings. The maximum atomic E-state index is 12.6. The second-order valence-corrected chi connectivity index (χ2v) is 7.13. The van der Waals surface area contributed by atoms with Crippen molar-refractivity contribution in [1.82, 2.24) is 9.88 Å². The zero-order chi connectivity index (χ0) is 18.8. The van der Waals surface area contributed by atoms with Crippen LogP contribution in [0.25, 0.3) is 10.9 Å². The van der Waals surface area contributed by atoms with Gasteiger partial charge in [0, 0.05) is 35.8 Å². The fourth-order valence-corrected chi connectivity index (χ4v) is 3.41. The molecule has 1 unspecified atom stereocenters. The van der Waals surface area contributed by atoms with Gasteiger partial charge in [0.05, 0.1) is 6.61 Å². The van der Waals surface area contributed by atoms with Crippen LogP contribution >= 0.6 is 0 Å². The van der Waals surface area contributed by atoms with Gasteiger partial charge in [-0.05, 0) is 49.9 Å². The SMILES string of the molecule is COCCn1c(C)c(C)c2cc(C(=O)NC(CC3CC3)C(=O)O)ccc21. The van der Waals surface area contributed by atoms with Crippen LogP contribution in [0.2, 0.25) is 0 Å². The van der Waals surface area contributed by atoms with E-state index in [-0.39, 0.29) is 5.91 Å². The summed E-state index contributed by atoms with van der Waals surface area (Å²) in [5.41, 5.74) is 3.82. The number of carbonyl (C=O) groups excluding carboxylic acids is 1. The first kappa shape index (κ1) is 18.5. The summed E-state index contributed by atoms with van der Waals surface area (Å²) in [4.78, 5) is 24.0. The highest BCUT2D eigenvalue weighted by atomic mass is 16.5. The molecule has 26 heavy (non-hydrogen) atoms. The Kier molecular flexibility index (Phi) is 5.32. The topological polar surface area (TPSA) is 80.6 Å². The number of fused-ring (bicyclic) bond motifs is 1. The summed E-state index contributed by atoms with van der Waals surface area (Å²) in [5, 5.41) is 13.0. The first-order valence-electron chi connectivity index (χ1n) is 9.04. The third-order valence-corrected chi connectivity index (χ3v) is 5.29. The van der Waals surface area contributed by atoms with Crippen LogP contribution in [0.4, 0.5) is 0 Å². The molecule has 6 nitrogen and oxygen atoms in total. The third-order valence-electron chi connectivity index (χ3n) is 5.29. The van der Waals surface area contributed by atoms with E-state index in [2.05, 4.69) is 16.8 Å². The van der Waals surface area contributed by atoms with Crippen LogP contribution in [-0.2, 0) is 16.1 Å². The summed E-state index contributed by atoms with van der Waals surface area (Å²) in [5.74, 6) is -0.871. The molecule has 0 aliphatic heterocycles. The maximum Gasteiger partial charge on any atom is 0.326 e. The Morgan fingerprint density at radius 1 is 1.35 bits per heavy atom. The lowest BCUT2D eigenvalue weighted by Gasteiger charge is -2.14. The molecule has 140 valence electrons. The molecular formula is C20H26N2O4. The number of carboxylic acids is 1. The first-order valence-corrected chi connectivity index (χ1v) is 9.04. The van der Waals surface area contributed by atoms with Gasteiger partial charge in [-0.15, -0.1) is 0 Å². The van der Waals surface area contributed by atoms with Gasteiger partial charge in [-0.1, -0.05) is 12.8 Å². The number of hydrogen-bond acceptors (Lipinski definition) is 3. The number of aryl methyl sites for hydroxylation is 1. The molecule has 1 aliphatic carbocycles. The molecule has 3 rings (SSSR count). The molecule has 0 radical (unpaired) electrons. The predicted octanol–water partition coefficient (Wildman–Crippen LogP) is 2.89. The average molecular weight is 358 g/mol. The molecule has 1 heterocycles. The molecule has 6 heteroatoms. The van der Waals surface area contributed by atoms with E-state index >= 15 is 0 Å². The Bertz CT molecular complexity index is 836. The summed E-state index contributed by atoms with van der Waals surface area (Å²) in [6, 6.07) is 4.72. The highest BCUT2D eigenvalue weighted by Crippen LogP contribution is 2.33. The molecule has 2 N–H and O–H groups in total. The molecule has 1 saturated carbocycles. The van der Waals surface area contributed by atoms with Crippen molar-refractivity contribution in [3.05, 3.63) is 35.0 Å². The van der Waals surface area contributed by atoms with E-state index in [1.807, 2.05) is 19.1 Å². The van der Waals surface area contributed by atoms with Gasteiger partial charge in [-0.25, -0.2) is 4.79 Å². The van der Waals surface area contributed by atoms with Crippen LogP contribution in [0.5, 0.6) is 0 Å². The number of carbonyl (C=O) groups is 2. The Balaban J connectivity index is 1.84. The summed E-state index contributed by atoms with van der Waals surface area (Å²) in [6.07, 6.45) is 2.62. The number of aromatic nitrogens is 1. The van der Waals surface area contributed by atoms with Crippen molar-refractivity contribution in [2.75, 3.05) is 13.7 Å². The number of nitrogens with zero attached hydrogens (tertiary/aromatic N) is 1. The quantitative estimate of drug-likeness (QED) is 0.760. The van der Waals surface area contributed by atoms with Gasteiger partial charge in [0.25, 0.3) is 5.91 Å². The fourth-order valence-electron chi connectivity index (χ4n) is 3.41. The van der Waals surface area contributed by atoms with E-state index in [1.165, 1.54) is 0 Å². The Labute approximate surface area is 153 Å². The average Bonchev–Trinajstić information content (AvgIpc) is 3.40. The van der Waals surface area contributed by atoms with Gasteiger partial charge in [0.1, 0.15) is 6.04 Å². The number of benzene rings is 1. The summed E-state index contributed by atoms with van der Waals surface area (Å²) in [6.45, 7) is 5.46. The molecule has 0 spiro atoms. The van der Waals surface area contributed by atoms with Crippen molar-refractivity contribution < 1.29 is 19.4 Å². The number of hydrogen-bond donors (Lipinski definition) is 2. The number of aliphatic carboxylic acids is 1. The normalized spacial score (nSPS) is 15.2. The molecule has 1 atom stereocenters. The number of rotatable bonds is 8. The number of amides is 1. The number of carboxylic acid groups (broad SMARTS) is 1. The zero-order valence-corrected chi connectivity index (χ0v) is 15.5. The van der Waals surface area contributed by atoms with Gasteiger partial charge in [0.15, 0.2) is 0 Å². The van der Waals surface area contributed by atoms with E-state index in [9.17, 15) is 14.7 Å². The molecule has 0 bridgehead atoms. The maximum absolute atomic E-state index is 12.6. The third kappa shape index (κ3) is 3.75. The van der Waals surface area contributed by atoms with Crippen LogP contribution < -0.4 is 5.32 Å². The summed E-state index contributed by atoms with van der Waals surface area (Å²) in [7, 11) is 1.68. The number of ether oxygens (including phenoxy) is 1. The summed E-state index contributed by atoms with van der Waals surface area (Å²) < 4.78 is 7.37. The second-order valence-electron chi connectivity index (χ2n) is 7.13. The van der Waals surface area contributed by atoms with Crippen molar-refractivity contribution in [1.29, 1.82) is 0 Å². The van der Waals surface area contributed by atoms with Crippen molar-refractivity contribution in [2.24, 2.45) is 5.92 Å². The van der Waals surface area contributed by atoms with Crippen molar-refractivity contribution in [3.8, 4) is 0 Å². The van der Waals surface area contributed by atoms with Crippen molar-refractivity contribution in [2.45, 2.75) is 45.7 Å². The highest BCUT2D eigenvalue weighted by molar-refractivity contribution is 6.00. The fraction of sp³-hybridized carbons (Fsp3) is 0.500. The lowest BCUT2D eigenvalue weighted by atomic mass is 10.1. The van der Waals surface area contributed by atoms with Crippen molar-refractivity contribution >= 4 is 22.8 Å². The minimum atomic E-state index is -0.968. The van der Waals surface area contributed by atoms with Gasteiger partial charge in [-0.3, -0.25) is 4.79 Å². The van der Waals surface area contributed by atoms with Crippen molar-refractivity contribution in [3.63, 3.8) is 0 Å². The lowest BCUT2D eigenvalue weighted by molar-refractivity contribution is -0.139. The van der Waals surface area contributed by atoms with Crippen LogP contribution in [0.1, 0.15) is 40.9 Å². The standard InChI is InChI=1S/C20H26N2O4/c1-12-13(2)22(8-9-26-3)18-7-6-15(11-16(12)18)19(23)21-17(20(24)25)10-14-4-5-14/h6-7,11,14,17H,4-5,8-10H2,1-3H3,(H,21,23)(H,24,25). The second kappa shape index (κ2) is 7.50. The number of methoxy groups -OCH3 is 1. The smallest absolute Gasteiger partial charge is 0.326 e. The molecule has 1 fully saturated rings. The van der Waals surface area contributed by atoms with Gasteiger partial charge < -0.3 is 19.7 Å². The highest BCUT2D eigenvalue weighted by Gasteiger charge is 2.30. The Hall–Kier alpha value is -2.34. The summed E-state index contributed by atoms with van der Waals surface area (Å²) >= 11 is 0. The monoisotopic (exact) mass is 358 g/mol. The van der Waals surface area contributed by atoms with E-state index in [0.29, 0.717) is 24.5 Å². The molecule has 1 aromatic carbocycles. The van der Waals surface area contributed by atoms with E-state index in [4.69, 9.17) is 4.74 Å². The Morgan fingerprint density at radius 2 is 2.08 bits per heavy atom. The van der Waals surface area contributed by atoms with E-state index in [0.717, 1.165) is 41.5 Å².